The highest BCUT2D eigenvalue weighted by Crippen LogP contribution is 2.01. The number of aromatic nitrogens is 2. The van der Waals surface area contributed by atoms with Crippen LogP contribution in [-0.2, 0) is 0 Å². The number of hydrogen-bond donors (Lipinski definition) is 1. The second kappa shape index (κ2) is 3.77. The third-order valence-electron chi connectivity index (χ3n) is 1.05. The summed E-state index contributed by atoms with van der Waals surface area (Å²) in [6.07, 6.45) is 2.84. The highest BCUT2D eigenvalue weighted by Gasteiger charge is 2.00. The van der Waals surface area contributed by atoms with Crippen LogP contribution in [0.3, 0.4) is 0 Å². The number of amidine groups is 1. The van der Waals surface area contributed by atoms with Crippen LogP contribution < -0.4 is 5.73 Å². The lowest BCUT2D eigenvalue weighted by Crippen LogP contribution is -2.14. The van der Waals surface area contributed by atoms with Crippen LogP contribution in [0.5, 0.6) is 0 Å². The normalized spacial score (nSPS) is 11.2. The van der Waals surface area contributed by atoms with Gasteiger partial charge in [0.2, 0.25) is 0 Å². The number of halogens is 1. The van der Waals surface area contributed by atoms with Gasteiger partial charge in [0.05, 0.1) is 12.4 Å². The molecule has 0 fully saturated rings. The maximum atomic E-state index is 5.56. The van der Waals surface area contributed by atoms with Gasteiger partial charge in [-0.15, -0.1) is 5.10 Å². The first-order valence-electron chi connectivity index (χ1n) is 3.01. The molecule has 0 aliphatic rings. The van der Waals surface area contributed by atoms with Crippen molar-refractivity contribution in [2.45, 2.75) is 0 Å². The zero-order chi connectivity index (χ0) is 8.97. The smallest absolute Gasteiger partial charge is 0.173 e. The Bertz CT molecular complexity index is 321. The first kappa shape index (κ1) is 8.61. The monoisotopic (exact) mass is 183 g/mol. The van der Waals surface area contributed by atoms with E-state index >= 15 is 0 Å². The van der Waals surface area contributed by atoms with Crippen LogP contribution in [0.1, 0.15) is 5.69 Å². The highest BCUT2D eigenvalue weighted by atomic mass is 35.5. The van der Waals surface area contributed by atoms with Crippen LogP contribution in [0, 0.1) is 0 Å². The predicted octanol–water partition coefficient (Wildman–Crippen LogP) is 0.451. The van der Waals surface area contributed by atoms with Crippen LogP contribution in [0.4, 0.5) is 0 Å². The summed E-state index contributed by atoms with van der Waals surface area (Å²) in [5.41, 5.74) is 5.81. The predicted molar refractivity (Wildman–Crippen MR) is 47.3 cm³/mol. The molecule has 0 radical (unpaired) electrons. The molecular formula is C6H6ClN5. The Balaban J connectivity index is 3.03. The van der Waals surface area contributed by atoms with Gasteiger partial charge in [0.25, 0.3) is 0 Å². The Hall–Kier alpha value is -1.49. The lowest BCUT2D eigenvalue weighted by atomic mass is 10.4. The fourth-order valence-electron chi connectivity index (χ4n) is 0.593. The third-order valence-corrected chi connectivity index (χ3v) is 1.23. The van der Waals surface area contributed by atoms with Gasteiger partial charge in [-0.2, -0.15) is 5.10 Å². The van der Waals surface area contributed by atoms with E-state index in [9.17, 15) is 0 Å². The van der Waals surface area contributed by atoms with E-state index in [0.29, 0.717) is 5.69 Å². The second-order valence-electron chi connectivity index (χ2n) is 1.85. The molecule has 5 nitrogen and oxygen atoms in total. The standard InChI is InChI=1S/C6H6ClN5/c1-9-12-6(8)4-2-10-3-5(7)11-4/h2-3H,1H2,(H2,8,12). The Labute approximate surface area is 74.0 Å². The Morgan fingerprint density at radius 3 is 2.92 bits per heavy atom. The number of rotatable bonds is 2. The molecule has 0 bridgehead atoms. The van der Waals surface area contributed by atoms with Crippen LogP contribution in [0.25, 0.3) is 0 Å². The van der Waals surface area contributed by atoms with Crippen molar-refractivity contribution in [1.29, 1.82) is 0 Å². The van der Waals surface area contributed by atoms with Crippen molar-refractivity contribution in [3.8, 4) is 0 Å². The summed E-state index contributed by atoms with van der Waals surface area (Å²) < 4.78 is 0. The molecule has 0 aliphatic carbocycles. The summed E-state index contributed by atoms with van der Waals surface area (Å²) in [5, 5.41) is 6.99. The van der Waals surface area contributed by atoms with Gasteiger partial charge in [-0.3, -0.25) is 4.98 Å². The van der Waals surface area contributed by atoms with Crippen molar-refractivity contribution in [2.75, 3.05) is 0 Å². The summed E-state index contributed by atoms with van der Waals surface area (Å²) >= 11 is 5.56. The molecule has 62 valence electrons. The summed E-state index contributed by atoms with van der Waals surface area (Å²) in [6, 6.07) is 0. The zero-order valence-electron chi connectivity index (χ0n) is 6.11. The van der Waals surface area contributed by atoms with E-state index in [1.165, 1.54) is 12.4 Å². The lowest BCUT2D eigenvalue weighted by Gasteiger charge is -1.95. The number of hydrogen-bond acceptors (Lipinski definition) is 4. The molecule has 0 saturated carbocycles. The van der Waals surface area contributed by atoms with Crippen molar-refractivity contribution in [2.24, 2.45) is 15.9 Å². The van der Waals surface area contributed by atoms with E-state index in [1.54, 1.807) is 0 Å². The van der Waals surface area contributed by atoms with Crippen molar-refractivity contribution >= 4 is 24.2 Å². The zero-order valence-corrected chi connectivity index (χ0v) is 6.86. The number of nitrogens with zero attached hydrogens (tertiary/aromatic N) is 4. The van der Waals surface area contributed by atoms with Gasteiger partial charge in [0.15, 0.2) is 5.84 Å². The minimum Gasteiger partial charge on any atom is -0.380 e. The SMILES string of the molecule is C=N/N=C(\N)c1cncc(Cl)n1. The van der Waals surface area contributed by atoms with Gasteiger partial charge >= 0.3 is 0 Å². The maximum absolute atomic E-state index is 5.56. The van der Waals surface area contributed by atoms with E-state index < -0.39 is 0 Å². The Morgan fingerprint density at radius 2 is 2.33 bits per heavy atom. The molecule has 0 unspecified atom stereocenters. The molecular weight excluding hydrogens is 178 g/mol. The molecule has 1 heterocycles. The van der Waals surface area contributed by atoms with Crippen molar-refractivity contribution in [3.63, 3.8) is 0 Å². The van der Waals surface area contributed by atoms with Crippen molar-refractivity contribution in [3.05, 3.63) is 23.2 Å². The van der Waals surface area contributed by atoms with Gasteiger partial charge in [-0.05, 0) is 0 Å². The van der Waals surface area contributed by atoms with Crippen molar-refractivity contribution < 1.29 is 0 Å². The molecule has 0 saturated heterocycles. The fourth-order valence-corrected chi connectivity index (χ4v) is 0.740. The van der Waals surface area contributed by atoms with Crippen LogP contribution >= 0.6 is 11.6 Å². The molecule has 0 spiro atoms. The minimum absolute atomic E-state index is 0.139. The van der Waals surface area contributed by atoms with E-state index in [-0.39, 0.29) is 11.0 Å². The molecule has 2 N–H and O–H groups in total. The Kier molecular flexibility index (Phi) is 2.71. The minimum atomic E-state index is 0.139. The fraction of sp³-hybridized carbons (Fsp3) is 0. The topological polar surface area (TPSA) is 76.5 Å². The molecule has 0 atom stereocenters. The maximum Gasteiger partial charge on any atom is 0.173 e. The lowest BCUT2D eigenvalue weighted by molar-refractivity contribution is 1.15. The Morgan fingerprint density at radius 1 is 1.58 bits per heavy atom. The summed E-state index contributed by atoms with van der Waals surface area (Å²) in [6.45, 7) is 3.15. The molecule has 1 aromatic rings. The van der Waals surface area contributed by atoms with Gasteiger partial charge in [0.1, 0.15) is 10.8 Å². The second-order valence-corrected chi connectivity index (χ2v) is 2.24. The molecule has 0 aliphatic heterocycles. The molecule has 12 heavy (non-hydrogen) atoms. The van der Waals surface area contributed by atoms with E-state index in [2.05, 4.69) is 26.9 Å². The highest BCUT2D eigenvalue weighted by molar-refractivity contribution is 6.29. The number of nitrogens with two attached hydrogens (primary N) is 1. The molecule has 6 heteroatoms. The average molecular weight is 184 g/mol. The van der Waals surface area contributed by atoms with Crippen LogP contribution in [-0.4, -0.2) is 22.5 Å². The van der Waals surface area contributed by atoms with E-state index in [1.807, 2.05) is 0 Å². The molecule has 1 rings (SSSR count). The van der Waals surface area contributed by atoms with Crippen LogP contribution in [0.15, 0.2) is 22.6 Å². The summed E-state index contributed by atoms with van der Waals surface area (Å²) in [5.74, 6) is 0.139. The van der Waals surface area contributed by atoms with Gasteiger partial charge in [-0.25, -0.2) is 4.98 Å². The summed E-state index contributed by atoms with van der Waals surface area (Å²) in [7, 11) is 0. The molecule has 0 aromatic carbocycles. The molecule has 0 amide bonds. The van der Waals surface area contributed by atoms with Crippen LogP contribution in [0.2, 0.25) is 5.15 Å². The van der Waals surface area contributed by atoms with Gasteiger partial charge < -0.3 is 5.73 Å². The molecule has 1 aromatic heterocycles. The largest absolute Gasteiger partial charge is 0.380 e. The first-order valence-corrected chi connectivity index (χ1v) is 3.39. The first-order chi connectivity index (χ1) is 5.74. The van der Waals surface area contributed by atoms with Crippen molar-refractivity contribution in [1.82, 2.24) is 9.97 Å². The van der Waals surface area contributed by atoms with Gasteiger partial charge in [-0.1, -0.05) is 11.6 Å². The third kappa shape index (κ3) is 2.00. The van der Waals surface area contributed by atoms with Gasteiger partial charge in [0, 0.05) is 6.72 Å². The average Bonchev–Trinajstić information content (AvgIpc) is 2.05. The quantitative estimate of drug-likeness (QED) is 0.411. The van der Waals surface area contributed by atoms with E-state index in [0.717, 1.165) is 0 Å². The van der Waals surface area contributed by atoms with E-state index in [4.69, 9.17) is 17.3 Å². The summed E-state index contributed by atoms with van der Waals surface area (Å²) in [4.78, 5) is 7.62.